The van der Waals surface area contributed by atoms with Gasteiger partial charge in [0.2, 0.25) is 0 Å². The zero-order valence-electron chi connectivity index (χ0n) is 15.9. The summed E-state index contributed by atoms with van der Waals surface area (Å²) in [5, 5.41) is 20.6. The Morgan fingerprint density at radius 1 is 1.43 bits per heavy atom. The molecular weight excluding hydrogens is 384 g/mol. The fourth-order valence-corrected chi connectivity index (χ4v) is 2.84. The van der Waals surface area contributed by atoms with Crippen molar-refractivity contribution in [2.45, 2.75) is 50.6 Å². The molecular formula is C21H27ClO6. The Bertz CT molecular complexity index is 675. The molecule has 1 heterocycles. The number of allylic oxidation sites excluding steroid dienone is 2. The highest BCUT2D eigenvalue weighted by molar-refractivity contribution is 6.30. The van der Waals surface area contributed by atoms with E-state index >= 15 is 0 Å². The van der Waals surface area contributed by atoms with Crippen LogP contribution in [0.2, 0.25) is 5.02 Å². The lowest BCUT2D eigenvalue weighted by molar-refractivity contribution is -0.154. The molecule has 1 aromatic rings. The number of ether oxygens (including phenoxy) is 3. The van der Waals surface area contributed by atoms with Crippen LogP contribution >= 0.6 is 11.6 Å². The first-order valence-corrected chi connectivity index (χ1v) is 9.76. The van der Waals surface area contributed by atoms with Crippen LogP contribution in [0.15, 0.2) is 48.6 Å². The molecule has 2 rings (SSSR count). The molecule has 1 fully saturated rings. The first-order chi connectivity index (χ1) is 13.5. The number of benzene rings is 1. The second-order valence-electron chi connectivity index (χ2n) is 6.46. The van der Waals surface area contributed by atoms with E-state index in [1.165, 1.54) is 6.08 Å². The van der Waals surface area contributed by atoms with Gasteiger partial charge in [-0.2, -0.15) is 0 Å². The lowest BCUT2D eigenvalue weighted by atomic mass is 10.1. The van der Waals surface area contributed by atoms with E-state index in [4.69, 9.17) is 25.8 Å². The number of rotatable bonds is 10. The van der Waals surface area contributed by atoms with Gasteiger partial charge in [0.1, 0.15) is 30.7 Å². The van der Waals surface area contributed by atoms with Crippen LogP contribution in [0.1, 0.15) is 26.2 Å². The van der Waals surface area contributed by atoms with Gasteiger partial charge in [-0.15, -0.1) is 0 Å². The Labute approximate surface area is 170 Å². The quantitative estimate of drug-likeness (QED) is 0.455. The van der Waals surface area contributed by atoms with E-state index in [0.717, 1.165) is 6.42 Å². The smallest absolute Gasteiger partial charge is 0.306 e. The third-order valence-electron chi connectivity index (χ3n) is 4.09. The average Bonchev–Trinajstić information content (AvgIpc) is 3.01. The molecule has 1 aliphatic heterocycles. The number of carbonyl (C=O) groups is 1. The molecule has 154 valence electrons. The topological polar surface area (TPSA) is 85.2 Å². The van der Waals surface area contributed by atoms with Crippen LogP contribution in [0.3, 0.4) is 0 Å². The van der Waals surface area contributed by atoms with E-state index in [9.17, 15) is 15.0 Å². The summed E-state index contributed by atoms with van der Waals surface area (Å²) in [6.45, 7) is 2.12. The first kappa shape index (κ1) is 22.4. The number of halogens is 1. The summed E-state index contributed by atoms with van der Waals surface area (Å²) in [4.78, 5) is 12.0. The number of esters is 1. The van der Waals surface area contributed by atoms with E-state index in [0.29, 0.717) is 17.2 Å². The summed E-state index contributed by atoms with van der Waals surface area (Å²) in [5.41, 5.74) is 0. The molecule has 0 amide bonds. The summed E-state index contributed by atoms with van der Waals surface area (Å²) >= 11 is 5.88. The molecule has 7 heteroatoms. The van der Waals surface area contributed by atoms with Gasteiger partial charge < -0.3 is 24.4 Å². The third-order valence-corrected chi connectivity index (χ3v) is 4.32. The molecule has 0 saturated carbocycles. The van der Waals surface area contributed by atoms with Crippen LogP contribution in [0.25, 0.3) is 0 Å². The minimum absolute atomic E-state index is 0.0281. The van der Waals surface area contributed by atoms with Crippen molar-refractivity contribution in [3.8, 4) is 5.75 Å². The number of hydrogen-bond donors (Lipinski definition) is 2. The van der Waals surface area contributed by atoms with Crippen LogP contribution < -0.4 is 4.74 Å². The molecule has 4 unspecified atom stereocenters. The Hall–Kier alpha value is -1.86. The Morgan fingerprint density at radius 3 is 3.00 bits per heavy atom. The Kier molecular flexibility index (Phi) is 9.50. The van der Waals surface area contributed by atoms with E-state index in [-0.39, 0.29) is 19.6 Å². The van der Waals surface area contributed by atoms with E-state index in [1.807, 2.05) is 19.1 Å². The minimum Gasteiger partial charge on any atom is -0.491 e. The summed E-state index contributed by atoms with van der Waals surface area (Å²) in [7, 11) is 0. The Balaban J connectivity index is 1.81. The zero-order valence-corrected chi connectivity index (χ0v) is 16.6. The molecule has 0 radical (unpaired) electrons. The Morgan fingerprint density at radius 2 is 2.25 bits per heavy atom. The third kappa shape index (κ3) is 7.64. The second kappa shape index (κ2) is 11.9. The second-order valence-corrected chi connectivity index (χ2v) is 6.90. The summed E-state index contributed by atoms with van der Waals surface area (Å²) < 4.78 is 16.3. The van der Waals surface area contributed by atoms with Gasteiger partial charge in [-0.25, -0.2) is 0 Å². The number of aliphatic hydroxyl groups excluding tert-OH is 2. The molecule has 4 atom stereocenters. The van der Waals surface area contributed by atoms with Crippen LogP contribution in [0, 0.1) is 0 Å². The summed E-state index contributed by atoms with van der Waals surface area (Å²) in [5.74, 6) is 0.162. The molecule has 0 aromatic heterocycles. The molecule has 28 heavy (non-hydrogen) atoms. The van der Waals surface area contributed by atoms with Crippen molar-refractivity contribution in [1.82, 2.24) is 0 Å². The van der Waals surface area contributed by atoms with Gasteiger partial charge in [0.25, 0.3) is 0 Å². The van der Waals surface area contributed by atoms with Gasteiger partial charge in [0, 0.05) is 11.4 Å². The van der Waals surface area contributed by atoms with Crippen molar-refractivity contribution in [2.75, 3.05) is 13.2 Å². The molecule has 0 aliphatic carbocycles. The average molecular weight is 411 g/mol. The molecule has 1 aromatic carbocycles. The minimum atomic E-state index is -0.898. The van der Waals surface area contributed by atoms with Crippen molar-refractivity contribution in [3.05, 3.63) is 53.6 Å². The predicted molar refractivity (Wildman–Crippen MR) is 106 cm³/mol. The SMILES string of the molecule is CCC=CCCC(=O)OC1C(O)COC1C=CC(O)COc1cccc(Cl)c1. The van der Waals surface area contributed by atoms with Gasteiger partial charge in [-0.3, -0.25) is 4.79 Å². The van der Waals surface area contributed by atoms with Crippen LogP contribution in [-0.2, 0) is 14.3 Å². The highest BCUT2D eigenvalue weighted by atomic mass is 35.5. The summed E-state index contributed by atoms with van der Waals surface area (Å²) in [6.07, 6.45) is 5.54. The molecule has 6 nitrogen and oxygen atoms in total. The van der Waals surface area contributed by atoms with Crippen molar-refractivity contribution >= 4 is 17.6 Å². The molecule has 0 spiro atoms. The van der Waals surface area contributed by atoms with E-state index in [1.54, 1.807) is 30.3 Å². The fraction of sp³-hybridized carbons (Fsp3) is 0.476. The van der Waals surface area contributed by atoms with Gasteiger partial charge in [0.05, 0.1) is 6.61 Å². The highest BCUT2D eigenvalue weighted by Crippen LogP contribution is 2.21. The van der Waals surface area contributed by atoms with Gasteiger partial charge >= 0.3 is 5.97 Å². The van der Waals surface area contributed by atoms with E-state index in [2.05, 4.69) is 0 Å². The molecule has 1 saturated heterocycles. The van der Waals surface area contributed by atoms with E-state index < -0.39 is 30.4 Å². The maximum atomic E-state index is 12.0. The van der Waals surface area contributed by atoms with Crippen LogP contribution in [0.5, 0.6) is 5.75 Å². The van der Waals surface area contributed by atoms with Crippen LogP contribution in [-0.4, -0.2) is 53.8 Å². The standard InChI is InChI=1S/C21H27ClO6/c1-2-3-4-5-9-20(25)28-21-18(24)14-27-19(21)11-10-16(23)13-26-17-8-6-7-15(22)12-17/h3-4,6-8,10-12,16,18-19,21,23-24H,2,5,9,13-14H2,1H3. The lowest BCUT2D eigenvalue weighted by Gasteiger charge is -2.19. The van der Waals surface area contributed by atoms with Crippen molar-refractivity contribution < 1.29 is 29.2 Å². The van der Waals surface area contributed by atoms with Gasteiger partial charge in [-0.1, -0.05) is 48.9 Å². The van der Waals surface area contributed by atoms with Crippen molar-refractivity contribution in [3.63, 3.8) is 0 Å². The zero-order chi connectivity index (χ0) is 20.4. The normalized spacial score (nSPS) is 23.4. The van der Waals surface area contributed by atoms with Crippen LogP contribution in [0.4, 0.5) is 0 Å². The predicted octanol–water partition coefficient (Wildman–Crippen LogP) is 3.05. The molecule has 1 aliphatic rings. The maximum absolute atomic E-state index is 12.0. The number of aliphatic hydroxyl groups is 2. The lowest BCUT2D eigenvalue weighted by Crippen LogP contribution is -2.34. The summed E-state index contributed by atoms with van der Waals surface area (Å²) in [6, 6.07) is 6.88. The molecule has 2 N–H and O–H groups in total. The van der Waals surface area contributed by atoms with Gasteiger partial charge in [-0.05, 0) is 31.0 Å². The number of hydrogen-bond acceptors (Lipinski definition) is 6. The van der Waals surface area contributed by atoms with Crippen molar-refractivity contribution in [2.24, 2.45) is 0 Å². The highest BCUT2D eigenvalue weighted by Gasteiger charge is 2.37. The van der Waals surface area contributed by atoms with Crippen molar-refractivity contribution in [1.29, 1.82) is 0 Å². The maximum Gasteiger partial charge on any atom is 0.306 e. The number of carbonyl (C=O) groups excluding carboxylic acids is 1. The first-order valence-electron chi connectivity index (χ1n) is 9.38. The van der Waals surface area contributed by atoms with Gasteiger partial charge in [0.15, 0.2) is 6.10 Å². The molecule has 0 bridgehead atoms. The monoisotopic (exact) mass is 410 g/mol. The largest absolute Gasteiger partial charge is 0.491 e. The fourth-order valence-electron chi connectivity index (χ4n) is 2.66.